The van der Waals surface area contributed by atoms with Gasteiger partial charge in [0.25, 0.3) is 5.56 Å². The summed E-state index contributed by atoms with van der Waals surface area (Å²) in [6, 6.07) is 10.5. The van der Waals surface area contributed by atoms with Gasteiger partial charge in [-0.2, -0.15) is 0 Å². The zero-order valence-corrected chi connectivity index (χ0v) is 19.2. The highest BCUT2D eigenvalue weighted by Gasteiger charge is 2.41. The molecule has 0 bridgehead atoms. The van der Waals surface area contributed by atoms with Gasteiger partial charge < -0.3 is 19.9 Å². The zero-order chi connectivity index (χ0) is 21.4. The molecule has 1 aliphatic carbocycles. The third-order valence-corrected chi connectivity index (χ3v) is 6.98. The molecule has 31 heavy (non-hydrogen) atoms. The van der Waals surface area contributed by atoms with E-state index in [9.17, 15) is 14.7 Å². The van der Waals surface area contributed by atoms with Gasteiger partial charge in [-0.25, -0.2) is 4.79 Å². The molecule has 1 saturated carbocycles. The van der Waals surface area contributed by atoms with Gasteiger partial charge in [-0.15, -0.1) is 12.4 Å². The molecule has 0 unspecified atom stereocenters. The quantitative estimate of drug-likeness (QED) is 0.730. The number of aryl methyl sites for hydroxylation is 1. The highest BCUT2D eigenvalue weighted by molar-refractivity contribution is 5.88. The molecule has 2 aromatic rings. The van der Waals surface area contributed by atoms with Crippen molar-refractivity contribution in [2.45, 2.75) is 38.6 Å². The van der Waals surface area contributed by atoms with E-state index >= 15 is 0 Å². The minimum atomic E-state index is -1.20. The molecule has 7 heteroatoms. The summed E-state index contributed by atoms with van der Waals surface area (Å²) in [6.07, 6.45) is 4.58. The van der Waals surface area contributed by atoms with Crippen molar-refractivity contribution in [1.29, 1.82) is 0 Å². The molecule has 6 nitrogen and oxygen atoms in total. The lowest BCUT2D eigenvalue weighted by Crippen LogP contribution is -2.41. The standard InChI is InChI=1S/C24H31N3O3.ClH/c1-4-15-12-19(24(29)30)23(28)25-22(15)16-8-10-18(11-9-16)27-13-17-6-5-7-21(26(2)3)20(17)14-27;/h8-12,17,20-21H,4-7,13-14H2,1-3H3,(H,25,28)(H,29,30);1H/t17-,20+,21-;/m1./s1. The Labute approximate surface area is 189 Å². The molecule has 1 aromatic heterocycles. The highest BCUT2D eigenvalue weighted by atomic mass is 35.5. The van der Waals surface area contributed by atoms with Crippen LogP contribution in [0.25, 0.3) is 11.3 Å². The Hall–Kier alpha value is -2.31. The summed E-state index contributed by atoms with van der Waals surface area (Å²) >= 11 is 0. The van der Waals surface area contributed by atoms with E-state index < -0.39 is 11.5 Å². The molecule has 1 aromatic carbocycles. The topological polar surface area (TPSA) is 76.6 Å². The second-order valence-corrected chi connectivity index (χ2v) is 8.91. The lowest BCUT2D eigenvalue weighted by atomic mass is 9.77. The number of nitrogens with one attached hydrogen (secondary N) is 1. The smallest absolute Gasteiger partial charge is 0.341 e. The Balaban J connectivity index is 0.00000272. The third kappa shape index (κ3) is 4.51. The van der Waals surface area contributed by atoms with Gasteiger partial charge in [0.05, 0.1) is 5.69 Å². The number of halogens is 1. The molecule has 2 aliphatic rings. The first kappa shape index (κ1) is 23.4. The Morgan fingerprint density at radius 3 is 2.52 bits per heavy atom. The Kier molecular flexibility index (Phi) is 7.12. The van der Waals surface area contributed by atoms with Crippen molar-refractivity contribution in [3.63, 3.8) is 0 Å². The number of carboxylic acid groups (broad SMARTS) is 1. The van der Waals surface area contributed by atoms with Crippen molar-refractivity contribution >= 4 is 24.1 Å². The maximum Gasteiger partial charge on any atom is 0.341 e. The highest BCUT2D eigenvalue weighted by Crippen LogP contribution is 2.40. The Bertz CT molecular complexity index is 987. The van der Waals surface area contributed by atoms with E-state index in [0.717, 1.165) is 36.1 Å². The van der Waals surface area contributed by atoms with Crippen LogP contribution in [0.15, 0.2) is 35.1 Å². The molecule has 0 radical (unpaired) electrons. The summed E-state index contributed by atoms with van der Waals surface area (Å²) in [5, 5.41) is 9.22. The van der Waals surface area contributed by atoms with Gasteiger partial charge in [0, 0.05) is 24.8 Å². The van der Waals surface area contributed by atoms with Crippen LogP contribution in [-0.2, 0) is 6.42 Å². The molecule has 4 rings (SSSR count). The normalized spacial score (nSPS) is 22.8. The van der Waals surface area contributed by atoms with Gasteiger partial charge in [-0.1, -0.05) is 25.5 Å². The summed E-state index contributed by atoms with van der Waals surface area (Å²) in [4.78, 5) is 31.1. The summed E-state index contributed by atoms with van der Waals surface area (Å²) in [7, 11) is 4.40. The van der Waals surface area contributed by atoms with Gasteiger partial charge in [-0.05, 0) is 74.5 Å². The molecule has 2 fully saturated rings. The van der Waals surface area contributed by atoms with E-state index in [1.165, 1.54) is 31.0 Å². The second kappa shape index (κ2) is 9.45. The van der Waals surface area contributed by atoms with Crippen molar-refractivity contribution in [1.82, 2.24) is 9.88 Å². The summed E-state index contributed by atoms with van der Waals surface area (Å²) in [5.41, 5.74) is 2.91. The summed E-state index contributed by atoms with van der Waals surface area (Å²) in [5.74, 6) is 0.289. The minimum absolute atomic E-state index is 0. The van der Waals surface area contributed by atoms with Crippen molar-refractivity contribution in [2.24, 2.45) is 11.8 Å². The number of carboxylic acids is 1. The Morgan fingerprint density at radius 1 is 1.19 bits per heavy atom. The fraction of sp³-hybridized carbons (Fsp3) is 0.500. The predicted octanol–water partition coefficient (Wildman–Crippen LogP) is 3.89. The van der Waals surface area contributed by atoms with Gasteiger partial charge in [0.2, 0.25) is 0 Å². The zero-order valence-electron chi connectivity index (χ0n) is 18.4. The van der Waals surface area contributed by atoms with Crippen LogP contribution in [0.5, 0.6) is 0 Å². The van der Waals surface area contributed by atoms with Crippen LogP contribution in [0.1, 0.15) is 42.1 Å². The number of hydrogen-bond acceptors (Lipinski definition) is 4. The second-order valence-electron chi connectivity index (χ2n) is 8.91. The van der Waals surface area contributed by atoms with Gasteiger partial charge in [0.15, 0.2) is 0 Å². The summed E-state index contributed by atoms with van der Waals surface area (Å²) < 4.78 is 0. The van der Waals surface area contributed by atoms with E-state index in [1.807, 2.05) is 19.1 Å². The molecule has 2 N–H and O–H groups in total. The first-order valence-electron chi connectivity index (χ1n) is 10.9. The number of aromatic carboxylic acids is 1. The van der Waals surface area contributed by atoms with Crippen molar-refractivity contribution in [3.8, 4) is 11.3 Å². The van der Waals surface area contributed by atoms with Crippen LogP contribution in [0.2, 0.25) is 0 Å². The van der Waals surface area contributed by atoms with Crippen LogP contribution in [0.3, 0.4) is 0 Å². The molecule has 2 heterocycles. The maximum absolute atomic E-state index is 12.2. The molecule has 168 valence electrons. The average molecular weight is 446 g/mol. The number of aromatic nitrogens is 1. The molecule has 3 atom stereocenters. The predicted molar refractivity (Wildman–Crippen MR) is 127 cm³/mol. The van der Waals surface area contributed by atoms with E-state index in [1.54, 1.807) is 0 Å². The van der Waals surface area contributed by atoms with Crippen LogP contribution in [0, 0.1) is 11.8 Å². The van der Waals surface area contributed by atoms with Gasteiger partial charge in [0.1, 0.15) is 5.56 Å². The molecule has 1 saturated heterocycles. The lowest BCUT2D eigenvalue weighted by Gasteiger charge is -2.37. The minimum Gasteiger partial charge on any atom is -0.477 e. The largest absolute Gasteiger partial charge is 0.477 e. The third-order valence-electron chi connectivity index (χ3n) is 6.98. The number of hydrogen-bond donors (Lipinski definition) is 2. The number of fused-ring (bicyclic) bond motifs is 1. The average Bonchev–Trinajstić information content (AvgIpc) is 3.17. The number of aromatic amines is 1. The van der Waals surface area contributed by atoms with E-state index in [0.29, 0.717) is 18.2 Å². The number of carbonyl (C=O) groups is 1. The first-order valence-corrected chi connectivity index (χ1v) is 10.9. The molecule has 0 spiro atoms. The molecular weight excluding hydrogens is 414 g/mol. The number of benzene rings is 1. The Morgan fingerprint density at radius 2 is 1.90 bits per heavy atom. The SMILES string of the molecule is CCc1cc(C(=O)O)c(=O)[nH]c1-c1ccc(N2C[C@H]3CCC[C@@H](N(C)C)[C@H]3C2)cc1.Cl. The maximum atomic E-state index is 12.2. The monoisotopic (exact) mass is 445 g/mol. The van der Waals surface area contributed by atoms with Crippen LogP contribution >= 0.6 is 12.4 Å². The van der Waals surface area contributed by atoms with Crippen molar-refractivity contribution in [2.75, 3.05) is 32.1 Å². The molecular formula is C24H32ClN3O3. The van der Waals surface area contributed by atoms with E-state index in [2.05, 4.69) is 41.0 Å². The summed E-state index contributed by atoms with van der Waals surface area (Å²) in [6.45, 7) is 4.17. The number of anilines is 1. The van der Waals surface area contributed by atoms with E-state index in [-0.39, 0.29) is 18.0 Å². The van der Waals surface area contributed by atoms with Crippen molar-refractivity contribution in [3.05, 3.63) is 51.8 Å². The van der Waals surface area contributed by atoms with E-state index in [4.69, 9.17) is 0 Å². The van der Waals surface area contributed by atoms with Crippen LogP contribution in [-0.4, -0.2) is 54.2 Å². The molecule has 1 aliphatic heterocycles. The first-order chi connectivity index (χ1) is 14.4. The van der Waals surface area contributed by atoms with Gasteiger partial charge in [-0.3, -0.25) is 4.79 Å². The fourth-order valence-corrected chi connectivity index (χ4v) is 5.40. The van der Waals surface area contributed by atoms with Crippen LogP contribution < -0.4 is 10.5 Å². The van der Waals surface area contributed by atoms with Crippen LogP contribution in [0.4, 0.5) is 5.69 Å². The number of nitrogens with zero attached hydrogens (tertiary/aromatic N) is 2. The van der Waals surface area contributed by atoms with Gasteiger partial charge >= 0.3 is 5.97 Å². The molecule has 0 amide bonds. The number of pyridine rings is 1. The fourth-order valence-electron chi connectivity index (χ4n) is 5.40. The van der Waals surface area contributed by atoms with Crippen molar-refractivity contribution < 1.29 is 9.90 Å². The number of H-pyrrole nitrogens is 1. The lowest BCUT2D eigenvalue weighted by molar-refractivity contribution is 0.0695. The number of rotatable bonds is 5.